The van der Waals surface area contributed by atoms with Crippen molar-refractivity contribution in [3.63, 3.8) is 0 Å². The van der Waals surface area contributed by atoms with Crippen LogP contribution in [0.5, 0.6) is 0 Å². The Hall–Kier alpha value is -9.90. The highest BCUT2D eigenvalue weighted by molar-refractivity contribution is 6.29. The summed E-state index contributed by atoms with van der Waals surface area (Å²) >= 11 is 0. The van der Waals surface area contributed by atoms with Crippen LogP contribution in [-0.4, -0.2) is 9.13 Å². The molecule has 0 amide bonds. The van der Waals surface area contributed by atoms with Crippen molar-refractivity contribution in [1.82, 2.24) is 9.13 Å². The van der Waals surface area contributed by atoms with Gasteiger partial charge in [0.1, 0.15) is 0 Å². The summed E-state index contributed by atoms with van der Waals surface area (Å²) in [5, 5.41) is 6.22. The average Bonchev–Trinajstić information content (AvgIpc) is 1.81. The standard InChI is InChI=1S/C78H62N4.C2H6/c1-51-23-35-59(36-24-51)79(60-37-25-52(2)26-38-60)63-43-31-55(32-44-63)71-49-73-75(67-21-13-11-19-65(67)71)69-47-48-70-76-68-22-14-12-20-66(68)72(50-74(76)82(58-17-9-6-10-18-58)78(70)77(69)81(73)57-15-7-5-8-16-57)56-33-45-64(46-34-56)80(61-39-27-53(3)28-40-61)62-41-29-54(4)30-42-62;1-2/h5-29,31-49,54,72H,30,50H2,1-4H3;1-2H3. The number of aromatic nitrogens is 2. The van der Waals surface area contributed by atoms with Crippen LogP contribution in [-0.2, 0) is 6.42 Å². The minimum absolute atomic E-state index is 0.126. The number of benzene rings is 11. The summed E-state index contributed by atoms with van der Waals surface area (Å²) in [6, 6.07) is 93.0. The van der Waals surface area contributed by atoms with Crippen LogP contribution in [0.2, 0.25) is 0 Å². The van der Waals surface area contributed by atoms with Gasteiger partial charge in [-0.2, -0.15) is 0 Å². The van der Waals surface area contributed by atoms with Crippen LogP contribution < -0.4 is 9.80 Å². The maximum Gasteiger partial charge on any atom is 0.0789 e. The van der Waals surface area contributed by atoms with Crippen LogP contribution in [0.1, 0.15) is 66.6 Å². The van der Waals surface area contributed by atoms with Crippen molar-refractivity contribution in [2.45, 2.75) is 60.3 Å². The Morgan fingerprint density at radius 3 is 1.50 bits per heavy atom. The Kier molecular flexibility index (Phi) is 13.5. The van der Waals surface area contributed by atoms with E-state index in [0.717, 1.165) is 47.0 Å². The van der Waals surface area contributed by atoms with E-state index in [-0.39, 0.29) is 5.92 Å². The normalized spacial score (nSPS) is 14.5. The minimum atomic E-state index is 0.126. The molecule has 15 rings (SSSR count). The molecule has 2 atom stereocenters. The molecule has 2 aliphatic rings. The molecule has 4 nitrogen and oxygen atoms in total. The summed E-state index contributed by atoms with van der Waals surface area (Å²) in [7, 11) is 0. The molecule has 0 saturated heterocycles. The number of fused-ring (bicyclic) bond motifs is 11. The van der Waals surface area contributed by atoms with E-state index in [1.165, 1.54) is 111 Å². The lowest BCUT2D eigenvalue weighted by atomic mass is 9.77. The Balaban J connectivity index is 0.00000310. The van der Waals surface area contributed by atoms with Crippen molar-refractivity contribution in [3.8, 4) is 33.6 Å². The first kappa shape index (κ1) is 52.2. The number of nitrogens with zero attached hydrogens (tertiary/aromatic N) is 4. The van der Waals surface area contributed by atoms with Crippen LogP contribution in [0.4, 0.5) is 28.4 Å². The maximum absolute atomic E-state index is 2.63. The van der Waals surface area contributed by atoms with Crippen LogP contribution in [0.25, 0.3) is 77.1 Å². The van der Waals surface area contributed by atoms with Gasteiger partial charge in [0, 0.05) is 78.8 Å². The molecule has 0 aliphatic heterocycles. The molecule has 84 heavy (non-hydrogen) atoms. The van der Waals surface area contributed by atoms with E-state index in [4.69, 9.17) is 0 Å². The third kappa shape index (κ3) is 9.01. The van der Waals surface area contributed by atoms with Gasteiger partial charge >= 0.3 is 0 Å². The second kappa shape index (κ2) is 21.8. The monoisotopic (exact) mass is 1080 g/mol. The van der Waals surface area contributed by atoms with Crippen LogP contribution in [0.15, 0.2) is 273 Å². The van der Waals surface area contributed by atoms with Gasteiger partial charge in [-0.05, 0) is 175 Å². The summed E-state index contributed by atoms with van der Waals surface area (Å²) in [6.07, 6.45) is 8.89. The zero-order chi connectivity index (χ0) is 57.0. The first-order valence-electron chi connectivity index (χ1n) is 30.0. The molecule has 408 valence electrons. The molecule has 13 aromatic rings. The number of allylic oxidation sites excluding steroid dienone is 3. The Morgan fingerprint density at radius 1 is 0.429 bits per heavy atom. The van der Waals surface area contributed by atoms with E-state index < -0.39 is 0 Å². The van der Waals surface area contributed by atoms with E-state index in [1.54, 1.807) is 0 Å². The van der Waals surface area contributed by atoms with E-state index in [9.17, 15) is 0 Å². The van der Waals surface area contributed by atoms with Gasteiger partial charge in [0.05, 0.1) is 16.6 Å². The zero-order valence-electron chi connectivity index (χ0n) is 48.8. The lowest BCUT2D eigenvalue weighted by Gasteiger charge is -2.30. The summed E-state index contributed by atoms with van der Waals surface area (Å²) in [5.74, 6) is 0.655. The second-order valence-corrected chi connectivity index (χ2v) is 22.7. The van der Waals surface area contributed by atoms with Crippen molar-refractivity contribution in [2.75, 3.05) is 9.80 Å². The first-order chi connectivity index (χ1) is 41.3. The minimum Gasteiger partial charge on any atom is -0.311 e. The van der Waals surface area contributed by atoms with Crippen LogP contribution in [0, 0.1) is 26.7 Å². The van der Waals surface area contributed by atoms with Gasteiger partial charge in [0.25, 0.3) is 0 Å². The molecule has 11 aromatic carbocycles. The zero-order valence-corrected chi connectivity index (χ0v) is 48.8. The number of rotatable bonds is 10. The Labute approximate surface area is 494 Å². The van der Waals surface area contributed by atoms with E-state index in [0.29, 0.717) is 5.92 Å². The highest BCUT2D eigenvalue weighted by Gasteiger charge is 2.34. The molecule has 2 aromatic heterocycles. The number of aryl methyl sites for hydroxylation is 3. The van der Waals surface area contributed by atoms with E-state index in [2.05, 4.69) is 314 Å². The van der Waals surface area contributed by atoms with E-state index in [1.807, 2.05) is 13.8 Å². The number of anilines is 5. The summed E-state index contributed by atoms with van der Waals surface area (Å²) in [6.45, 7) is 12.7. The van der Waals surface area contributed by atoms with Crippen molar-refractivity contribution in [3.05, 3.63) is 306 Å². The third-order valence-electron chi connectivity index (χ3n) is 17.4. The molecule has 2 heterocycles. The quantitative estimate of drug-likeness (QED) is 0.136. The summed E-state index contributed by atoms with van der Waals surface area (Å²) in [4.78, 5) is 4.77. The highest BCUT2D eigenvalue weighted by atomic mass is 15.2. The van der Waals surface area contributed by atoms with Crippen molar-refractivity contribution >= 4 is 71.9 Å². The maximum atomic E-state index is 2.63. The Morgan fingerprint density at radius 2 is 0.917 bits per heavy atom. The van der Waals surface area contributed by atoms with Gasteiger partial charge in [-0.1, -0.05) is 207 Å². The Bertz CT molecular complexity index is 4570. The van der Waals surface area contributed by atoms with Crippen molar-refractivity contribution in [2.24, 2.45) is 5.92 Å². The van der Waals surface area contributed by atoms with Gasteiger partial charge in [0.15, 0.2) is 0 Å². The predicted molar refractivity (Wildman–Crippen MR) is 358 cm³/mol. The topological polar surface area (TPSA) is 16.3 Å². The smallest absolute Gasteiger partial charge is 0.0789 e. The molecule has 2 aliphatic carbocycles. The van der Waals surface area contributed by atoms with Crippen LogP contribution in [0.3, 0.4) is 0 Å². The fraction of sp³-hybridized carbons (Fsp3) is 0.125. The highest BCUT2D eigenvalue weighted by Crippen LogP contribution is 2.52. The lowest BCUT2D eigenvalue weighted by molar-refractivity contribution is 0.728. The molecule has 0 spiro atoms. The van der Waals surface area contributed by atoms with Gasteiger partial charge in [0.2, 0.25) is 0 Å². The van der Waals surface area contributed by atoms with Crippen molar-refractivity contribution < 1.29 is 0 Å². The first-order valence-corrected chi connectivity index (χ1v) is 30.0. The van der Waals surface area contributed by atoms with Crippen molar-refractivity contribution in [1.29, 1.82) is 0 Å². The molecular weight excluding hydrogens is 1020 g/mol. The summed E-state index contributed by atoms with van der Waals surface area (Å²) in [5.41, 5.74) is 25.5. The average molecular weight is 1090 g/mol. The second-order valence-electron chi connectivity index (χ2n) is 22.7. The van der Waals surface area contributed by atoms with Gasteiger partial charge in [-0.3, -0.25) is 0 Å². The molecule has 2 unspecified atom stereocenters. The molecule has 0 saturated carbocycles. The molecular formula is C80H68N4. The molecule has 0 radical (unpaired) electrons. The van der Waals surface area contributed by atoms with E-state index >= 15 is 0 Å². The third-order valence-corrected chi connectivity index (χ3v) is 17.4. The number of hydrogen-bond donors (Lipinski definition) is 0. The molecule has 0 bridgehead atoms. The number of hydrogen-bond acceptors (Lipinski definition) is 2. The molecule has 0 fully saturated rings. The molecule has 4 heteroatoms. The molecule has 0 N–H and O–H groups in total. The largest absolute Gasteiger partial charge is 0.311 e. The SMILES string of the molecule is CC.Cc1ccc(N(C2=CCC(C)C=C2)c2ccc(C3Cc4c(c5ccc6c7c8ccccc8c(-c8ccc(N(c9ccc(C)cc9)c9ccc(C)cc9)cc8)cc7n(-c7ccccc7)c6c5n4-c4ccccc4)-c4ccccc43)cc2)cc1. The van der Waals surface area contributed by atoms with Gasteiger partial charge in [-0.15, -0.1) is 0 Å². The lowest BCUT2D eigenvalue weighted by Crippen LogP contribution is -2.18. The fourth-order valence-electron chi connectivity index (χ4n) is 13.4. The fourth-order valence-corrected chi connectivity index (χ4v) is 13.4. The van der Waals surface area contributed by atoms with Gasteiger partial charge < -0.3 is 18.9 Å². The summed E-state index contributed by atoms with van der Waals surface area (Å²) < 4.78 is 5.19. The van der Waals surface area contributed by atoms with Gasteiger partial charge in [-0.25, -0.2) is 0 Å². The predicted octanol–water partition coefficient (Wildman–Crippen LogP) is 21.9. The van der Waals surface area contributed by atoms with Crippen LogP contribution >= 0.6 is 0 Å². The number of para-hydroxylation sites is 2.